The quantitative estimate of drug-likeness (QED) is 0.140. The predicted octanol–water partition coefficient (Wildman–Crippen LogP) is 26.1. The molecule has 0 N–H and O–H groups in total. The van der Waals surface area contributed by atoms with Crippen molar-refractivity contribution in [3.05, 3.63) is 340 Å². The Hall–Kier alpha value is -14.0. The summed E-state index contributed by atoms with van der Waals surface area (Å²) in [6.07, 6.45) is 0. The molecule has 504 valence electrons. The van der Waals surface area contributed by atoms with Gasteiger partial charge < -0.3 is 18.0 Å². The van der Waals surface area contributed by atoms with Crippen LogP contribution in [0.1, 0.15) is 0 Å². The highest BCUT2D eigenvalue weighted by Crippen LogP contribution is 2.44. The Labute approximate surface area is 624 Å². The number of nitrogens with zero attached hydrogens (tertiary/aromatic N) is 8. The highest BCUT2D eigenvalue weighted by molar-refractivity contribution is 7.26. The summed E-state index contributed by atoms with van der Waals surface area (Å²) in [7, 11) is 0. The molecule has 0 amide bonds. The van der Waals surface area contributed by atoms with E-state index in [1.807, 2.05) is 54.6 Å². The second-order valence-corrected chi connectivity index (χ2v) is 29.4. The molecule has 0 spiro atoms. The summed E-state index contributed by atoms with van der Waals surface area (Å²) in [5.74, 6) is 3.75. The maximum atomic E-state index is 6.56. The van der Waals surface area contributed by atoms with Crippen molar-refractivity contribution in [2.24, 2.45) is 0 Å². The van der Waals surface area contributed by atoms with Gasteiger partial charge in [-0.2, -0.15) is 0 Å². The van der Waals surface area contributed by atoms with Crippen LogP contribution in [0.3, 0.4) is 0 Å². The van der Waals surface area contributed by atoms with Gasteiger partial charge in [-0.05, 0) is 157 Å². The first kappa shape index (κ1) is 61.4. The number of rotatable bonds is 9. The molecule has 108 heavy (non-hydrogen) atoms. The molecule has 0 saturated carbocycles. The monoisotopic (exact) mass is 1420 g/mol. The summed E-state index contributed by atoms with van der Waals surface area (Å²) >= 11 is 3.61. The van der Waals surface area contributed by atoms with Crippen molar-refractivity contribution in [1.29, 1.82) is 0 Å². The highest BCUT2D eigenvalue weighted by Gasteiger charge is 2.23. The van der Waals surface area contributed by atoms with Crippen molar-refractivity contribution in [3.8, 4) is 90.8 Å². The maximum Gasteiger partial charge on any atom is 0.164 e. The van der Waals surface area contributed by atoms with Gasteiger partial charge in [-0.15, -0.1) is 22.7 Å². The standard InChI is InChI=1S/C51H30N4OS.C45H26N4OS/c1-3-11-31(12-4-1)32-19-21-33(22-20-32)49-52-50(54-51(53-49)35-24-26-48-42(28-35)38-16-8-10-18-47(38)57-48)34-23-25-45-40(27-34)41-29-44-39(30-46(41)56-45)37-15-7-9-17-43(37)55(44)36-13-5-2-6-14-36;1-3-11-27(12-4-1)43-46-44(48-45(47-43)29-20-22-42-36(24-29)32-16-8-10-18-41(32)51-42)28-19-21-39-34(23-28)35-25-38-33(26-40(35)50-39)31-15-7-9-17-37(31)49(38)30-13-5-2-6-14-30/h1-30H;1-26H. The fourth-order valence-electron chi connectivity index (χ4n) is 15.8. The number of benzene rings is 15. The van der Waals surface area contributed by atoms with E-state index in [1.54, 1.807) is 22.7 Å². The van der Waals surface area contributed by atoms with Gasteiger partial charge in [0, 0.05) is 128 Å². The third-order valence-corrected chi connectivity index (χ3v) is 23.2. The van der Waals surface area contributed by atoms with E-state index in [1.165, 1.54) is 56.7 Å². The minimum absolute atomic E-state index is 0.605. The largest absolute Gasteiger partial charge is 0.456 e. The number of thiophene rings is 2. The number of para-hydroxylation sites is 4. The van der Waals surface area contributed by atoms with Crippen molar-refractivity contribution < 1.29 is 8.83 Å². The van der Waals surface area contributed by atoms with Crippen LogP contribution in [0, 0.1) is 0 Å². The van der Waals surface area contributed by atoms with Gasteiger partial charge in [0.15, 0.2) is 34.9 Å². The third kappa shape index (κ3) is 10.3. The van der Waals surface area contributed by atoms with Gasteiger partial charge >= 0.3 is 0 Å². The molecule has 8 heterocycles. The lowest BCUT2D eigenvalue weighted by Crippen LogP contribution is -2.00. The van der Waals surface area contributed by atoms with E-state index in [0.717, 1.165) is 127 Å². The average Bonchev–Trinajstić information content (AvgIpc) is 1.57. The van der Waals surface area contributed by atoms with Gasteiger partial charge in [0.2, 0.25) is 0 Å². The summed E-state index contributed by atoms with van der Waals surface area (Å²) in [5.41, 5.74) is 18.0. The van der Waals surface area contributed by atoms with Gasteiger partial charge in [0.25, 0.3) is 0 Å². The Kier molecular flexibility index (Phi) is 14.1. The number of hydrogen-bond acceptors (Lipinski definition) is 10. The van der Waals surface area contributed by atoms with Crippen LogP contribution >= 0.6 is 22.7 Å². The Morgan fingerprint density at radius 2 is 0.481 bits per heavy atom. The molecule has 0 aliphatic heterocycles. The van der Waals surface area contributed by atoms with Gasteiger partial charge in [-0.1, -0.05) is 194 Å². The average molecular weight is 1420 g/mol. The van der Waals surface area contributed by atoms with Crippen molar-refractivity contribution in [2.45, 2.75) is 0 Å². The minimum Gasteiger partial charge on any atom is -0.456 e. The molecular weight excluding hydrogens is 1360 g/mol. The van der Waals surface area contributed by atoms with E-state index in [4.69, 9.17) is 38.7 Å². The lowest BCUT2D eigenvalue weighted by molar-refractivity contribution is 0.669. The molecule has 12 heteroatoms. The van der Waals surface area contributed by atoms with E-state index < -0.39 is 0 Å². The molecule has 0 bridgehead atoms. The summed E-state index contributed by atoms with van der Waals surface area (Å²) in [4.78, 5) is 30.7. The maximum absolute atomic E-state index is 6.56. The van der Waals surface area contributed by atoms with Crippen molar-refractivity contribution in [3.63, 3.8) is 0 Å². The van der Waals surface area contributed by atoms with Crippen LogP contribution in [0.15, 0.2) is 349 Å². The molecule has 0 saturated heterocycles. The van der Waals surface area contributed by atoms with Gasteiger partial charge in [-0.3, -0.25) is 0 Å². The molecule has 0 atom stereocenters. The molecule has 0 aliphatic rings. The van der Waals surface area contributed by atoms with Crippen LogP contribution < -0.4 is 0 Å². The zero-order valence-electron chi connectivity index (χ0n) is 57.5. The summed E-state index contributed by atoms with van der Waals surface area (Å²) in [6.45, 7) is 0. The Morgan fingerprint density at radius 3 is 0.917 bits per heavy atom. The Morgan fingerprint density at radius 1 is 0.185 bits per heavy atom. The van der Waals surface area contributed by atoms with Crippen LogP contribution in [0.2, 0.25) is 0 Å². The third-order valence-electron chi connectivity index (χ3n) is 20.9. The first-order valence-corrected chi connectivity index (χ1v) is 37.6. The fourth-order valence-corrected chi connectivity index (χ4v) is 17.9. The smallest absolute Gasteiger partial charge is 0.164 e. The Balaban J connectivity index is 0.000000135. The topological polar surface area (TPSA) is 113 Å². The molecule has 0 aliphatic carbocycles. The van der Waals surface area contributed by atoms with Crippen LogP contribution in [0.4, 0.5) is 0 Å². The van der Waals surface area contributed by atoms with Crippen molar-refractivity contribution in [2.75, 3.05) is 0 Å². The van der Waals surface area contributed by atoms with Gasteiger partial charge in [0.1, 0.15) is 22.3 Å². The van der Waals surface area contributed by atoms with Crippen LogP contribution in [0.5, 0.6) is 0 Å². The number of fused-ring (bicyclic) bond motifs is 18. The van der Waals surface area contributed by atoms with Crippen molar-refractivity contribution in [1.82, 2.24) is 39.0 Å². The molecular formula is C96H56N8O2S2. The predicted molar refractivity (Wildman–Crippen MR) is 447 cm³/mol. The lowest BCUT2D eigenvalue weighted by atomic mass is 10.0. The lowest BCUT2D eigenvalue weighted by Gasteiger charge is -2.10. The van der Waals surface area contributed by atoms with Crippen LogP contribution in [0.25, 0.3) is 219 Å². The van der Waals surface area contributed by atoms with E-state index in [2.05, 4.69) is 294 Å². The molecule has 0 fully saturated rings. The minimum atomic E-state index is 0.605. The van der Waals surface area contributed by atoms with Crippen molar-refractivity contribution >= 4 is 151 Å². The van der Waals surface area contributed by atoms with E-state index in [9.17, 15) is 0 Å². The molecule has 8 aromatic heterocycles. The first-order valence-electron chi connectivity index (χ1n) is 35.9. The number of hydrogen-bond donors (Lipinski definition) is 0. The molecule has 0 unspecified atom stereocenters. The van der Waals surface area contributed by atoms with Gasteiger partial charge in [0.05, 0.1) is 22.1 Å². The van der Waals surface area contributed by atoms with E-state index in [0.29, 0.717) is 34.9 Å². The first-order chi connectivity index (χ1) is 53.5. The molecule has 23 rings (SSSR count). The fraction of sp³-hybridized carbons (Fsp3) is 0. The second-order valence-electron chi connectivity index (χ2n) is 27.3. The van der Waals surface area contributed by atoms with E-state index in [-0.39, 0.29) is 0 Å². The zero-order valence-corrected chi connectivity index (χ0v) is 59.2. The molecule has 15 aromatic carbocycles. The molecule has 0 radical (unpaired) electrons. The highest BCUT2D eigenvalue weighted by atomic mass is 32.1. The normalized spacial score (nSPS) is 11.9. The Bertz CT molecular complexity index is 7550. The summed E-state index contributed by atoms with van der Waals surface area (Å²) < 4.78 is 22.8. The number of furan rings is 2. The zero-order chi connectivity index (χ0) is 70.9. The summed E-state index contributed by atoms with van der Waals surface area (Å²) in [6, 6.07) is 119. The molecule has 10 nitrogen and oxygen atoms in total. The van der Waals surface area contributed by atoms with Gasteiger partial charge in [-0.25, -0.2) is 29.9 Å². The summed E-state index contributed by atoms with van der Waals surface area (Å²) in [5, 5.41) is 13.7. The SMILES string of the molecule is c1ccc(-c2ccc(-c3nc(-c4ccc5oc6cc7c8ccccc8n(-c8ccccc8)c7cc6c5c4)nc(-c4ccc5sc6ccccc6c5c4)n3)cc2)cc1.c1ccc(-c2nc(-c3ccc4oc5cc6c7ccccc7n(-c7ccccc7)c6cc5c4c3)nc(-c3ccc4sc5ccccc5c4c3)n2)cc1. The van der Waals surface area contributed by atoms with E-state index >= 15 is 0 Å². The van der Waals surface area contributed by atoms with Crippen LogP contribution in [-0.4, -0.2) is 39.0 Å². The number of aromatic nitrogens is 8. The second kappa shape index (κ2) is 24.8. The van der Waals surface area contributed by atoms with Crippen LogP contribution in [-0.2, 0) is 0 Å². The molecule has 23 aromatic rings.